The first-order valence-corrected chi connectivity index (χ1v) is 8.06. The molecule has 2 heterocycles. The average Bonchev–Trinajstić information content (AvgIpc) is 2.65. The summed E-state index contributed by atoms with van der Waals surface area (Å²) >= 11 is 0. The maximum Gasteiger partial charge on any atom is 0.222 e. The number of anilines is 2. The molecule has 0 radical (unpaired) electrons. The van der Waals surface area contributed by atoms with E-state index in [0.29, 0.717) is 31.1 Å². The van der Waals surface area contributed by atoms with Gasteiger partial charge in [0.1, 0.15) is 11.6 Å². The van der Waals surface area contributed by atoms with Crippen LogP contribution in [0.1, 0.15) is 31.1 Å². The predicted molar refractivity (Wildman–Crippen MR) is 92.3 cm³/mol. The molecule has 128 valence electrons. The van der Waals surface area contributed by atoms with Crippen molar-refractivity contribution >= 4 is 11.8 Å². The van der Waals surface area contributed by atoms with Crippen molar-refractivity contribution in [2.75, 3.05) is 30.4 Å². The highest BCUT2D eigenvalue weighted by molar-refractivity contribution is 5.47. The molecule has 2 N–H and O–H groups in total. The van der Waals surface area contributed by atoms with Crippen LogP contribution in [-0.2, 0) is 4.74 Å². The predicted octanol–water partition coefficient (Wildman–Crippen LogP) is 3.11. The second-order valence-electron chi connectivity index (χ2n) is 7.07. The lowest BCUT2D eigenvalue weighted by atomic mass is 9.93. The summed E-state index contributed by atoms with van der Waals surface area (Å²) in [5, 5.41) is 0. The molecule has 2 aromatic rings. The number of halogens is 1. The van der Waals surface area contributed by atoms with Gasteiger partial charge in [0.05, 0.1) is 19.3 Å². The zero-order valence-corrected chi connectivity index (χ0v) is 14.3. The number of nitrogen functional groups attached to an aromatic ring is 1. The number of ether oxygens (including phenoxy) is 1. The minimum Gasteiger partial charge on any atom is -0.378 e. The molecule has 0 aliphatic carbocycles. The van der Waals surface area contributed by atoms with Crippen LogP contribution in [0.2, 0.25) is 0 Å². The van der Waals surface area contributed by atoms with E-state index in [-0.39, 0.29) is 23.2 Å². The zero-order chi connectivity index (χ0) is 17.3. The fourth-order valence-corrected chi connectivity index (χ4v) is 3.12. The maximum atomic E-state index is 14.4. The van der Waals surface area contributed by atoms with E-state index < -0.39 is 0 Å². The van der Waals surface area contributed by atoms with Crippen LogP contribution in [0.3, 0.4) is 0 Å². The molecule has 5 nitrogen and oxygen atoms in total. The molecular formula is C18H23FN4O. The number of hydrogen-bond donors (Lipinski definition) is 1. The number of benzene rings is 1. The second-order valence-corrected chi connectivity index (χ2v) is 7.07. The lowest BCUT2D eigenvalue weighted by Gasteiger charge is -2.34. The Kier molecular flexibility index (Phi) is 4.41. The smallest absolute Gasteiger partial charge is 0.222 e. The van der Waals surface area contributed by atoms with Gasteiger partial charge in [-0.3, -0.25) is 0 Å². The summed E-state index contributed by atoms with van der Waals surface area (Å²) < 4.78 is 20.3. The number of hydrogen-bond acceptors (Lipinski definition) is 5. The first-order valence-electron chi connectivity index (χ1n) is 8.06. The molecular weight excluding hydrogens is 307 g/mol. The summed E-state index contributed by atoms with van der Waals surface area (Å²) in [4.78, 5) is 10.6. The number of nitrogens with two attached hydrogens (primary N) is 1. The van der Waals surface area contributed by atoms with Crippen LogP contribution in [-0.4, -0.2) is 29.7 Å². The van der Waals surface area contributed by atoms with E-state index >= 15 is 0 Å². The molecule has 3 rings (SSSR count). The third-order valence-electron chi connectivity index (χ3n) is 4.16. The SMILES string of the molecule is Cc1cc(N2CC(C)(C)COCC2c2ccccc2F)nc(N)n1. The molecule has 1 fully saturated rings. The van der Waals surface area contributed by atoms with Crippen LogP contribution in [0, 0.1) is 18.2 Å². The Labute approximate surface area is 141 Å². The summed E-state index contributed by atoms with van der Waals surface area (Å²) in [6.07, 6.45) is 0. The highest BCUT2D eigenvalue weighted by Gasteiger charge is 2.34. The fraction of sp³-hybridized carbons (Fsp3) is 0.444. The van der Waals surface area contributed by atoms with Crippen molar-refractivity contribution in [1.29, 1.82) is 0 Å². The largest absolute Gasteiger partial charge is 0.378 e. The van der Waals surface area contributed by atoms with E-state index in [1.54, 1.807) is 12.1 Å². The number of rotatable bonds is 2. The van der Waals surface area contributed by atoms with Crippen molar-refractivity contribution in [3.8, 4) is 0 Å². The highest BCUT2D eigenvalue weighted by Crippen LogP contribution is 2.35. The summed E-state index contributed by atoms with van der Waals surface area (Å²) in [5.41, 5.74) is 7.13. The zero-order valence-electron chi connectivity index (χ0n) is 14.3. The quantitative estimate of drug-likeness (QED) is 0.916. The third-order valence-corrected chi connectivity index (χ3v) is 4.16. The van der Waals surface area contributed by atoms with Crippen molar-refractivity contribution in [2.45, 2.75) is 26.8 Å². The van der Waals surface area contributed by atoms with Gasteiger partial charge in [-0.05, 0) is 13.0 Å². The van der Waals surface area contributed by atoms with E-state index in [2.05, 4.69) is 28.7 Å². The van der Waals surface area contributed by atoms with Crippen molar-refractivity contribution in [3.05, 3.63) is 47.4 Å². The van der Waals surface area contributed by atoms with E-state index in [9.17, 15) is 4.39 Å². The van der Waals surface area contributed by atoms with Gasteiger partial charge in [-0.15, -0.1) is 0 Å². The summed E-state index contributed by atoms with van der Waals surface area (Å²) in [6, 6.07) is 8.42. The summed E-state index contributed by atoms with van der Waals surface area (Å²) in [7, 11) is 0. The molecule has 1 aromatic heterocycles. The summed E-state index contributed by atoms with van der Waals surface area (Å²) in [6.45, 7) is 7.81. The molecule has 1 aliphatic rings. The average molecular weight is 330 g/mol. The lowest BCUT2D eigenvalue weighted by Crippen LogP contribution is -2.37. The van der Waals surface area contributed by atoms with Crippen LogP contribution in [0.5, 0.6) is 0 Å². The van der Waals surface area contributed by atoms with Crippen molar-refractivity contribution in [3.63, 3.8) is 0 Å². The van der Waals surface area contributed by atoms with Crippen LogP contribution in [0.4, 0.5) is 16.2 Å². The van der Waals surface area contributed by atoms with E-state index in [1.165, 1.54) is 6.07 Å². The Morgan fingerprint density at radius 2 is 2.04 bits per heavy atom. The van der Waals surface area contributed by atoms with Crippen molar-refractivity contribution in [2.24, 2.45) is 5.41 Å². The van der Waals surface area contributed by atoms with Crippen molar-refractivity contribution < 1.29 is 9.13 Å². The van der Waals surface area contributed by atoms with Gasteiger partial charge in [0.2, 0.25) is 5.95 Å². The summed E-state index contributed by atoms with van der Waals surface area (Å²) in [5.74, 6) is 0.682. The fourth-order valence-electron chi connectivity index (χ4n) is 3.12. The molecule has 0 amide bonds. The van der Waals surface area contributed by atoms with Crippen LogP contribution in [0.15, 0.2) is 30.3 Å². The molecule has 1 aromatic carbocycles. The number of nitrogens with zero attached hydrogens (tertiary/aromatic N) is 3. The molecule has 1 unspecified atom stereocenters. The lowest BCUT2D eigenvalue weighted by molar-refractivity contribution is 0.0796. The van der Waals surface area contributed by atoms with Crippen LogP contribution in [0.25, 0.3) is 0 Å². The first-order chi connectivity index (χ1) is 11.4. The number of aromatic nitrogens is 2. The van der Waals surface area contributed by atoms with Crippen LogP contribution >= 0.6 is 0 Å². The normalized spacial score (nSPS) is 20.7. The van der Waals surface area contributed by atoms with Gasteiger partial charge in [-0.2, -0.15) is 4.98 Å². The second kappa shape index (κ2) is 6.36. The van der Waals surface area contributed by atoms with Gasteiger partial charge >= 0.3 is 0 Å². The van der Waals surface area contributed by atoms with Crippen LogP contribution < -0.4 is 10.6 Å². The number of aryl methyl sites for hydroxylation is 1. The molecule has 1 saturated heterocycles. The monoisotopic (exact) mass is 330 g/mol. The highest BCUT2D eigenvalue weighted by atomic mass is 19.1. The standard InChI is InChI=1S/C18H23FN4O/c1-12-8-16(22-17(20)21-12)23-10-18(2,3)11-24-9-15(23)13-6-4-5-7-14(13)19/h4-8,15H,9-11H2,1-3H3,(H2,20,21,22). The molecule has 0 bridgehead atoms. The van der Waals surface area contributed by atoms with Gasteiger partial charge in [0, 0.05) is 29.3 Å². The van der Waals surface area contributed by atoms with Gasteiger partial charge in [-0.1, -0.05) is 32.0 Å². The Morgan fingerprint density at radius 1 is 1.29 bits per heavy atom. The van der Waals surface area contributed by atoms with E-state index in [4.69, 9.17) is 10.5 Å². The maximum absolute atomic E-state index is 14.4. The molecule has 6 heteroatoms. The van der Waals surface area contributed by atoms with Gasteiger partial charge in [0.25, 0.3) is 0 Å². The van der Waals surface area contributed by atoms with Gasteiger partial charge in [-0.25, -0.2) is 9.37 Å². The minimum absolute atomic E-state index is 0.0897. The third kappa shape index (κ3) is 3.48. The van der Waals surface area contributed by atoms with Gasteiger partial charge in [0.15, 0.2) is 0 Å². The Morgan fingerprint density at radius 3 is 2.75 bits per heavy atom. The Balaban J connectivity index is 2.08. The molecule has 1 atom stereocenters. The van der Waals surface area contributed by atoms with E-state index in [1.807, 2.05) is 19.1 Å². The molecule has 24 heavy (non-hydrogen) atoms. The Bertz CT molecular complexity index is 714. The van der Waals surface area contributed by atoms with Gasteiger partial charge < -0.3 is 15.4 Å². The molecule has 0 spiro atoms. The van der Waals surface area contributed by atoms with E-state index in [0.717, 1.165) is 5.69 Å². The molecule has 0 saturated carbocycles. The van der Waals surface area contributed by atoms with Crippen molar-refractivity contribution in [1.82, 2.24) is 9.97 Å². The Hall–Kier alpha value is -2.21. The first kappa shape index (κ1) is 16.6. The minimum atomic E-state index is -0.262. The molecule has 1 aliphatic heterocycles. The topological polar surface area (TPSA) is 64.3 Å².